The molecule has 0 amide bonds. The highest BCUT2D eigenvalue weighted by Gasteiger charge is 2.50. The van der Waals surface area contributed by atoms with Crippen LogP contribution in [0.1, 0.15) is 26.2 Å². The maximum atomic E-state index is 9.37. The monoisotopic (exact) mass is 238 g/mol. The van der Waals surface area contributed by atoms with E-state index in [2.05, 4.69) is 6.07 Å². The van der Waals surface area contributed by atoms with Crippen molar-refractivity contribution in [3.8, 4) is 18.2 Å². The van der Waals surface area contributed by atoms with E-state index in [1.807, 2.05) is 25.1 Å². The van der Waals surface area contributed by atoms with Crippen LogP contribution in [0, 0.1) is 51.2 Å². The molecule has 2 aliphatic rings. The van der Waals surface area contributed by atoms with Crippen molar-refractivity contribution in [1.29, 1.82) is 15.8 Å². The minimum Gasteiger partial charge on any atom is -0.399 e. The summed E-state index contributed by atoms with van der Waals surface area (Å²) in [6, 6.07) is 6.16. The number of rotatable bonds is 0. The largest absolute Gasteiger partial charge is 0.399 e. The molecule has 0 aliphatic heterocycles. The van der Waals surface area contributed by atoms with Crippen molar-refractivity contribution < 1.29 is 0 Å². The minimum absolute atomic E-state index is 0.0972. The normalized spacial score (nSPS) is 29.3. The molecule has 0 spiro atoms. The molecule has 4 nitrogen and oxygen atoms in total. The number of nitrogens with two attached hydrogens (primary N) is 1. The van der Waals surface area contributed by atoms with Crippen molar-refractivity contribution >= 4 is 0 Å². The molecule has 0 fully saturated rings. The number of nitriles is 3. The molecule has 0 aromatic heterocycles. The second-order valence-electron chi connectivity index (χ2n) is 4.92. The summed E-state index contributed by atoms with van der Waals surface area (Å²) in [7, 11) is 0. The Bertz CT molecular complexity index is 548. The third-order valence-corrected chi connectivity index (χ3v) is 4.22. The molecule has 0 saturated heterocycles. The smallest absolute Gasteiger partial charge is 0.187 e. The van der Waals surface area contributed by atoms with Gasteiger partial charge in [-0.25, -0.2) is 0 Å². The molecule has 0 heterocycles. The van der Waals surface area contributed by atoms with Crippen LogP contribution < -0.4 is 5.73 Å². The fourth-order valence-corrected chi connectivity index (χ4v) is 3.08. The predicted molar refractivity (Wildman–Crippen MR) is 65.1 cm³/mol. The van der Waals surface area contributed by atoms with Crippen molar-refractivity contribution in [3.63, 3.8) is 0 Å². The molecule has 0 unspecified atom stereocenters. The first-order valence-electron chi connectivity index (χ1n) is 6.05. The number of hydrogen-bond acceptors (Lipinski definition) is 4. The lowest BCUT2D eigenvalue weighted by Gasteiger charge is -2.41. The van der Waals surface area contributed by atoms with Crippen molar-refractivity contribution in [2.45, 2.75) is 26.2 Å². The molecule has 18 heavy (non-hydrogen) atoms. The van der Waals surface area contributed by atoms with Gasteiger partial charge in [0.25, 0.3) is 0 Å². The maximum Gasteiger partial charge on any atom is 0.187 e. The number of fused-ring (bicyclic) bond motifs is 1. The van der Waals surface area contributed by atoms with Gasteiger partial charge >= 0.3 is 0 Å². The highest BCUT2D eigenvalue weighted by atomic mass is 14.7. The summed E-state index contributed by atoms with van der Waals surface area (Å²) < 4.78 is 0. The van der Waals surface area contributed by atoms with Gasteiger partial charge in [-0.15, -0.1) is 0 Å². The molecule has 90 valence electrons. The van der Waals surface area contributed by atoms with E-state index in [-0.39, 0.29) is 17.5 Å². The van der Waals surface area contributed by atoms with Crippen molar-refractivity contribution in [2.24, 2.45) is 23.0 Å². The van der Waals surface area contributed by atoms with Crippen LogP contribution >= 0.6 is 0 Å². The standard InChI is InChI=1S/C14H14N4/c1-9-10-4-2-3-5-11(10)12(6-15)13(18)14(9,7-16)8-17/h5,9-10H,2-4,18H2,1H3/t9-,10+/m1/s1. The molecule has 0 radical (unpaired) electrons. The van der Waals surface area contributed by atoms with Crippen LogP contribution in [-0.2, 0) is 0 Å². The van der Waals surface area contributed by atoms with E-state index >= 15 is 0 Å². The van der Waals surface area contributed by atoms with Crippen molar-refractivity contribution in [1.82, 2.24) is 0 Å². The summed E-state index contributed by atoms with van der Waals surface area (Å²) in [5.74, 6) is -0.0730. The molecule has 2 N–H and O–H groups in total. The highest BCUT2D eigenvalue weighted by molar-refractivity contribution is 5.55. The topological polar surface area (TPSA) is 97.4 Å². The first-order chi connectivity index (χ1) is 8.62. The zero-order valence-corrected chi connectivity index (χ0v) is 10.3. The van der Waals surface area contributed by atoms with Crippen LogP contribution in [-0.4, -0.2) is 0 Å². The Balaban J connectivity index is 2.73. The molecule has 4 heteroatoms. The molecule has 2 rings (SSSR count). The molecule has 0 aromatic carbocycles. The van der Waals surface area contributed by atoms with Gasteiger partial charge in [0.05, 0.1) is 23.4 Å². The highest BCUT2D eigenvalue weighted by Crippen LogP contribution is 2.50. The third kappa shape index (κ3) is 1.35. The molecule has 0 aromatic rings. The lowest BCUT2D eigenvalue weighted by Crippen LogP contribution is -2.42. The van der Waals surface area contributed by atoms with Gasteiger partial charge in [-0.05, 0) is 30.8 Å². The molecular weight excluding hydrogens is 224 g/mol. The number of nitrogens with zero attached hydrogens (tertiary/aromatic N) is 3. The van der Waals surface area contributed by atoms with Crippen molar-refractivity contribution in [3.05, 3.63) is 22.9 Å². The van der Waals surface area contributed by atoms with Crippen LogP contribution in [0.2, 0.25) is 0 Å². The summed E-state index contributed by atoms with van der Waals surface area (Å²) in [5.41, 5.74) is 6.02. The summed E-state index contributed by atoms with van der Waals surface area (Å²) in [6.45, 7) is 1.89. The molecule has 2 aliphatic carbocycles. The lowest BCUT2D eigenvalue weighted by molar-refractivity contribution is 0.257. The van der Waals surface area contributed by atoms with Gasteiger partial charge in [0.15, 0.2) is 5.41 Å². The van der Waals surface area contributed by atoms with Crippen LogP contribution in [0.15, 0.2) is 22.9 Å². The summed E-state index contributed by atoms with van der Waals surface area (Å²) in [5, 5.41) is 28.0. The Labute approximate surface area is 107 Å². The van der Waals surface area contributed by atoms with Crippen LogP contribution in [0.4, 0.5) is 0 Å². The van der Waals surface area contributed by atoms with Gasteiger partial charge in [0.1, 0.15) is 6.07 Å². The van der Waals surface area contributed by atoms with Crippen molar-refractivity contribution in [2.75, 3.05) is 0 Å². The average molecular weight is 238 g/mol. The fourth-order valence-electron chi connectivity index (χ4n) is 3.08. The van der Waals surface area contributed by atoms with Gasteiger partial charge in [-0.1, -0.05) is 13.0 Å². The Morgan fingerprint density at radius 2 is 2.00 bits per heavy atom. The average Bonchev–Trinajstić information content (AvgIpc) is 2.41. The van der Waals surface area contributed by atoms with Gasteiger partial charge in [0, 0.05) is 5.92 Å². The van der Waals surface area contributed by atoms with Gasteiger partial charge in [-0.2, -0.15) is 15.8 Å². The lowest BCUT2D eigenvalue weighted by atomic mass is 9.59. The quantitative estimate of drug-likeness (QED) is 0.698. The van der Waals surface area contributed by atoms with E-state index in [1.54, 1.807) is 0 Å². The number of allylic oxidation sites excluding steroid dienone is 4. The first kappa shape index (κ1) is 12.2. The molecule has 0 bridgehead atoms. The number of hydrogen-bond donors (Lipinski definition) is 1. The van der Waals surface area contributed by atoms with Gasteiger partial charge < -0.3 is 5.73 Å². The Hall–Kier alpha value is -2.25. The zero-order chi connectivity index (χ0) is 13.3. The maximum absolute atomic E-state index is 9.37. The SMILES string of the molecule is C[C@@H]1[C@@H]2CCCC=C2C(C#N)=C(N)C1(C#N)C#N. The third-order valence-electron chi connectivity index (χ3n) is 4.22. The van der Waals surface area contributed by atoms with E-state index in [9.17, 15) is 15.8 Å². The first-order valence-corrected chi connectivity index (χ1v) is 6.05. The van der Waals surface area contributed by atoms with E-state index in [4.69, 9.17) is 5.73 Å². The predicted octanol–water partition coefficient (Wildman–Crippen LogP) is 2.13. The zero-order valence-electron chi connectivity index (χ0n) is 10.3. The Kier molecular flexibility index (Phi) is 2.85. The molecular formula is C14H14N4. The van der Waals surface area contributed by atoms with E-state index < -0.39 is 5.41 Å². The summed E-state index contributed by atoms with van der Waals surface area (Å²) >= 11 is 0. The fraction of sp³-hybridized carbons (Fsp3) is 0.500. The van der Waals surface area contributed by atoms with E-state index in [1.165, 1.54) is 0 Å². The van der Waals surface area contributed by atoms with Crippen LogP contribution in [0.3, 0.4) is 0 Å². The summed E-state index contributed by atoms with van der Waals surface area (Å²) in [4.78, 5) is 0. The van der Waals surface area contributed by atoms with E-state index in [0.717, 1.165) is 24.8 Å². The van der Waals surface area contributed by atoms with E-state index in [0.29, 0.717) is 5.57 Å². The van der Waals surface area contributed by atoms with Gasteiger partial charge in [-0.3, -0.25) is 0 Å². The van der Waals surface area contributed by atoms with Gasteiger partial charge in [0.2, 0.25) is 0 Å². The molecule has 2 atom stereocenters. The second-order valence-corrected chi connectivity index (χ2v) is 4.92. The second kappa shape index (κ2) is 4.21. The summed E-state index contributed by atoms with van der Waals surface area (Å²) in [6.07, 6.45) is 4.92. The van der Waals surface area contributed by atoms with Crippen LogP contribution in [0.25, 0.3) is 0 Å². The van der Waals surface area contributed by atoms with Crippen LogP contribution in [0.5, 0.6) is 0 Å². The Morgan fingerprint density at radius 1 is 1.33 bits per heavy atom. The molecule has 0 saturated carbocycles. The Morgan fingerprint density at radius 3 is 2.56 bits per heavy atom. The minimum atomic E-state index is -1.36.